The van der Waals surface area contributed by atoms with Crippen LogP contribution in [0, 0.1) is 11.3 Å². The van der Waals surface area contributed by atoms with Crippen molar-refractivity contribution in [1.82, 2.24) is 15.5 Å². The van der Waals surface area contributed by atoms with E-state index in [1.165, 1.54) is 37.6 Å². The number of halogens is 1. The van der Waals surface area contributed by atoms with Crippen molar-refractivity contribution in [2.45, 2.75) is 64.3 Å². The first-order valence-corrected chi connectivity index (χ1v) is 15.0. The number of nitrogens with zero attached hydrogens (tertiary/aromatic N) is 2. The van der Waals surface area contributed by atoms with Gasteiger partial charge in [-0.15, -0.1) is 0 Å². The average Bonchev–Trinajstić information content (AvgIpc) is 3.79. The third-order valence-electron chi connectivity index (χ3n) is 7.74. The molecule has 2 atom stereocenters. The normalized spacial score (nSPS) is 21.1. The van der Waals surface area contributed by atoms with E-state index in [-0.39, 0.29) is 11.5 Å². The molecule has 0 spiro atoms. The van der Waals surface area contributed by atoms with Crippen LogP contribution in [0.1, 0.15) is 58.4 Å². The molecule has 0 aromatic heterocycles. The first-order chi connectivity index (χ1) is 19.2. The van der Waals surface area contributed by atoms with Crippen molar-refractivity contribution in [1.29, 1.82) is 5.41 Å². The minimum Gasteiger partial charge on any atom is -0.385 e. The second-order valence-corrected chi connectivity index (χ2v) is 11.8. The lowest BCUT2D eigenvalue weighted by Crippen LogP contribution is -2.39. The smallest absolute Gasteiger partial charge is 0.130 e. The third kappa shape index (κ3) is 10.7. The molecule has 3 N–H and O–H groups in total. The Kier molecular flexibility index (Phi) is 14.3. The van der Waals surface area contributed by atoms with E-state index in [1.807, 2.05) is 43.5 Å². The lowest BCUT2D eigenvalue weighted by atomic mass is 9.93. The lowest BCUT2D eigenvalue weighted by molar-refractivity contribution is -0.109. The molecular formula is C33H48BrN5O. The Bertz CT molecular complexity index is 1100. The highest BCUT2D eigenvalue weighted by atomic mass is 79.9. The molecule has 2 fully saturated rings. The number of rotatable bonds is 12. The van der Waals surface area contributed by atoms with Crippen LogP contribution in [0.5, 0.6) is 0 Å². The number of carbonyl (C=O) groups is 1. The molecule has 1 heterocycles. The minimum absolute atomic E-state index is 0.0960. The fraction of sp³-hybridized carbons (Fsp3) is 0.485. The monoisotopic (exact) mass is 609 g/mol. The number of benzene rings is 1. The first-order valence-electron chi connectivity index (χ1n) is 14.2. The van der Waals surface area contributed by atoms with Crippen molar-refractivity contribution in [3.8, 4) is 0 Å². The number of likely N-dealkylation sites (tertiary alicyclic amines) is 1. The SMILES string of the molecule is C=C/C(C)=C(\C=N)CN/C(C)=C/C(N/C(C)=C(\Br)C=NC)C1CCCCN(C)C1.O=CC1(c2ccccc2)CC1. The van der Waals surface area contributed by atoms with Crippen LogP contribution < -0.4 is 10.6 Å². The molecule has 0 radical (unpaired) electrons. The van der Waals surface area contributed by atoms with Gasteiger partial charge in [0.1, 0.15) is 6.29 Å². The molecule has 7 heteroatoms. The summed E-state index contributed by atoms with van der Waals surface area (Å²) in [5.41, 5.74) is 5.25. The van der Waals surface area contributed by atoms with Gasteiger partial charge < -0.3 is 25.7 Å². The Morgan fingerprint density at radius 2 is 1.95 bits per heavy atom. The van der Waals surface area contributed by atoms with Crippen molar-refractivity contribution in [3.63, 3.8) is 0 Å². The van der Waals surface area contributed by atoms with Crippen LogP contribution in [0.4, 0.5) is 0 Å². The molecule has 2 unspecified atom stereocenters. The van der Waals surface area contributed by atoms with Gasteiger partial charge >= 0.3 is 0 Å². The first kappa shape index (κ1) is 33.4. The predicted molar refractivity (Wildman–Crippen MR) is 175 cm³/mol. The number of aldehydes is 1. The van der Waals surface area contributed by atoms with Crippen molar-refractivity contribution >= 4 is 34.6 Å². The van der Waals surface area contributed by atoms with Crippen LogP contribution in [0.25, 0.3) is 0 Å². The quantitative estimate of drug-likeness (QED) is 0.142. The summed E-state index contributed by atoms with van der Waals surface area (Å²) in [6, 6.07) is 10.2. The number of aliphatic imine (C=N–C) groups is 1. The van der Waals surface area contributed by atoms with Gasteiger partial charge in [-0.05, 0) is 105 Å². The molecule has 40 heavy (non-hydrogen) atoms. The Labute approximate surface area is 250 Å². The molecule has 1 saturated heterocycles. The Hall–Kier alpha value is -2.77. The van der Waals surface area contributed by atoms with E-state index in [0.717, 1.165) is 52.7 Å². The van der Waals surface area contributed by atoms with E-state index in [1.54, 1.807) is 13.1 Å². The highest BCUT2D eigenvalue weighted by Gasteiger charge is 2.43. The fourth-order valence-electron chi connectivity index (χ4n) is 4.87. The van der Waals surface area contributed by atoms with Gasteiger partial charge in [-0.3, -0.25) is 4.99 Å². The van der Waals surface area contributed by atoms with Crippen molar-refractivity contribution in [2.75, 3.05) is 33.7 Å². The van der Waals surface area contributed by atoms with E-state index < -0.39 is 0 Å². The molecule has 1 saturated carbocycles. The molecule has 2 aliphatic rings. The number of allylic oxidation sites excluding steroid dienone is 5. The van der Waals surface area contributed by atoms with E-state index in [0.29, 0.717) is 12.5 Å². The Morgan fingerprint density at radius 3 is 2.52 bits per heavy atom. The second kappa shape index (κ2) is 17.1. The van der Waals surface area contributed by atoms with Crippen molar-refractivity contribution < 1.29 is 4.79 Å². The topological polar surface area (TPSA) is 80.6 Å². The van der Waals surface area contributed by atoms with E-state index in [4.69, 9.17) is 5.41 Å². The summed E-state index contributed by atoms with van der Waals surface area (Å²) in [6.45, 7) is 12.8. The van der Waals surface area contributed by atoms with E-state index in [9.17, 15) is 4.79 Å². The molecule has 0 amide bonds. The summed E-state index contributed by atoms with van der Waals surface area (Å²) in [4.78, 5) is 17.2. The van der Waals surface area contributed by atoms with Crippen LogP contribution in [0.3, 0.4) is 0 Å². The summed E-state index contributed by atoms with van der Waals surface area (Å²) in [6.07, 6.45) is 14.2. The maximum atomic E-state index is 10.7. The second-order valence-electron chi connectivity index (χ2n) is 10.9. The van der Waals surface area contributed by atoms with Crippen LogP contribution >= 0.6 is 15.9 Å². The maximum Gasteiger partial charge on any atom is 0.130 e. The third-order valence-corrected chi connectivity index (χ3v) is 8.54. The molecule has 218 valence electrons. The molecule has 1 aromatic rings. The molecule has 1 aliphatic carbocycles. The van der Waals surface area contributed by atoms with Gasteiger partial charge in [-0.25, -0.2) is 0 Å². The van der Waals surface area contributed by atoms with Gasteiger partial charge in [0, 0.05) is 44.0 Å². The average molecular weight is 611 g/mol. The summed E-state index contributed by atoms with van der Waals surface area (Å²) in [5, 5.41) is 14.8. The zero-order chi connectivity index (χ0) is 29.5. The fourth-order valence-corrected chi connectivity index (χ4v) is 5.19. The van der Waals surface area contributed by atoms with Crippen LogP contribution in [0.2, 0.25) is 0 Å². The Balaban J connectivity index is 0.000000417. The Morgan fingerprint density at radius 1 is 1.25 bits per heavy atom. The predicted octanol–water partition coefficient (Wildman–Crippen LogP) is 6.57. The number of hydrogen-bond donors (Lipinski definition) is 3. The summed E-state index contributed by atoms with van der Waals surface area (Å²) in [7, 11) is 3.99. The van der Waals surface area contributed by atoms with Crippen molar-refractivity contribution in [2.24, 2.45) is 10.9 Å². The highest BCUT2D eigenvalue weighted by Crippen LogP contribution is 2.45. The summed E-state index contributed by atoms with van der Waals surface area (Å²) in [5.74, 6) is 0.528. The molecule has 6 nitrogen and oxygen atoms in total. The molecule has 1 aliphatic heterocycles. The van der Waals surface area contributed by atoms with Gasteiger partial charge in [0.05, 0.1) is 15.9 Å². The highest BCUT2D eigenvalue weighted by molar-refractivity contribution is 9.12. The zero-order valence-electron chi connectivity index (χ0n) is 25.0. The van der Waals surface area contributed by atoms with Crippen LogP contribution in [-0.2, 0) is 10.2 Å². The molecule has 1 aromatic carbocycles. The summed E-state index contributed by atoms with van der Waals surface area (Å²) < 4.78 is 0.974. The van der Waals surface area contributed by atoms with E-state index in [2.05, 4.69) is 70.0 Å². The van der Waals surface area contributed by atoms with Gasteiger partial charge in [0.2, 0.25) is 0 Å². The minimum atomic E-state index is -0.0960. The maximum absolute atomic E-state index is 10.7. The lowest BCUT2D eigenvalue weighted by Gasteiger charge is -2.29. The number of nitrogens with one attached hydrogen (secondary N) is 3. The molecule has 0 bridgehead atoms. The van der Waals surface area contributed by atoms with E-state index >= 15 is 0 Å². The van der Waals surface area contributed by atoms with Gasteiger partial charge in [-0.1, -0.05) is 49.4 Å². The van der Waals surface area contributed by atoms with Crippen LogP contribution in [0.15, 0.2) is 81.1 Å². The van der Waals surface area contributed by atoms with Gasteiger partial charge in [0.25, 0.3) is 0 Å². The summed E-state index contributed by atoms with van der Waals surface area (Å²) >= 11 is 3.61. The number of hydrogen-bond acceptors (Lipinski definition) is 6. The molecule has 3 rings (SSSR count). The largest absolute Gasteiger partial charge is 0.385 e. The van der Waals surface area contributed by atoms with Crippen molar-refractivity contribution in [3.05, 3.63) is 81.6 Å². The number of carbonyl (C=O) groups excluding carboxylic acids is 1. The van der Waals surface area contributed by atoms with Gasteiger partial charge in [-0.2, -0.15) is 0 Å². The van der Waals surface area contributed by atoms with Crippen LogP contribution in [-0.4, -0.2) is 63.4 Å². The van der Waals surface area contributed by atoms with Gasteiger partial charge in [0.15, 0.2) is 0 Å². The standard InChI is InChI=1S/C23H38BrN5.C10H10O/c1-7-17(2)21(13-25)14-27-18(3)12-23(28-19(4)22(24)15-26-5)20-10-8-9-11-29(6)16-20;11-8-10(6-7-10)9-4-2-1-3-5-9/h7,12-13,15,20,23,25,27-28H,1,8-11,14,16H2,2-6H3;1-5,8H,6-7H2/b18-12+,21-17+,22-19-,25-13?,26-15?;. The molecular weight excluding hydrogens is 562 g/mol. The zero-order valence-corrected chi connectivity index (χ0v) is 26.6.